The summed E-state index contributed by atoms with van der Waals surface area (Å²) in [6.07, 6.45) is 11.7. The average Bonchev–Trinajstić information content (AvgIpc) is 3.10. The highest BCUT2D eigenvalue weighted by Gasteiger charge is 2.37. The summed E-state index contributed by atoms with van der Waals surface area (Å²) in [6, 6.07) is 0.584. The maximum absolute atomic E-state index is 12.3. The van der Waals surface area contributed by atoms with Crippen molar-refractivity contribution in [3.8, 4) is 0 Å². The summed E-state index contributed by atoms with van der Waals surface area (Å²) in [5.41, 5.74) is 0. The molecule has 0 aromatic carbocycles. The lowest BCUT2D eigenvalue weighted by molar-refractivity contribution is -0.149. The summed E-state index contributed by atoms with van der Waals surface area (Å²) in [5.74, 6) is 0.781. The van der Waals surface area contributed by atoms with Gasteiger partial charge >= 0.3 is 5.97 Å². The van der Waals surface area contributed by atoms with Crippen LogP contribution in [0.2, 0.25) is 0 Å². The number of ether oxygens (including phenoxy) is 1. The minimum absolute atomic E-state index is 0.00808. The molecule has 0 radical (unpaired) electrons. The third kappa shape index (κ3) is 3.83. The van der Waals surface area contributed by atoms with Gasteiger partial charge in [0.25, 0.3) is 0 Å². The van der Waals surface area contributed by atoms with Crippen LogP contribution in [0.15, 0.2) is 0 Å². The van der Waals surface area contributed by atoms with Gasteiger partial charge in [-0.15, -0.1) is 0 Å². The molecule has 126 valence electrons. The summed E-state index contributed by atoms with van der Waals surface area (Å²) >= 11 is 0. The highest BCUT2D eigenvalue weighted by Crippen LogP contribution is 2.30. The zero-order chi connectivity index (χ0) is 15.4. The summed E-state index contributed by atoms with van der Waals surface area (Å²) in [5, 5.41) is 0. The fourth-order valence-electron chi connectivity index (χ4n) is 4.73. The van der Waals surface area contributed by atoms with Gasteiger partial charge in [0.15, 0.2) is 0 Å². The van der Waals surface area contributed by atoms with Gasteiger partial charge in [-0.2, -0.15) is 0 Å². The summed E-state index contributed by atoms with van der Waals surface area (Å²) in [4.78, 5) is 17.3. The summed E-state index contributed by atoms with van der Waals surface area (Å²) < 4.78 is 5.12. The lowest BCUT2D eigenvalue weighted by atomic mass is 9.87. The Morgan fingerprint density at radius 3 is 2.41 bits per heavy atom. The molecule has 1 saturated carbocycles. The first-order valence-electron chi connectivity index (χ1n) is 9.34. The van der Waals surface area contributed by atoms with E-state index in [9.17, 15) is 4.79 Å². The van der Waals surface area contributed by atoms with Crippen LogP contribution in [0.3, 0.4) is 0 Å². The van der Waals surface area contributed by atoms with Crippen LogP contribution < -0.4 is 0 Å². The summed E-state index contributed by atoms with van der Waals surface area (Å²) in [6.45, 7) is 4.62. The van der Waals surface area contributed by atoms with Crippen LogP contribution in [0.4, 0.5) is 0 Å². The molecule has 2 aliphatic heterocycles. The largest absolute Gasteiger partial charge is 0.468 e. The normalized spacial score (nSPS) is 32.2. The van der Waals surface area contributed by atoms with Crippen molar-refractivity contribution in [2.24, 2.45) is 5.92 Å². The molecule has 22 heavy (non-hydrogen) atoms. The number of hydrogen-bond acceptors (Lipinski definition) is 4. The second kappa shape index (κ2) is 7.78. The number of carbonyl (C=O) groups excluding carboxylic acids is 1. The number of carbonyl (C=O) groups is 1. The number of likely N-dealkylation sites (tertiary alicyclic amines) is 2. The van der Waals surface area contributed by atoms with Gasteiger partial charge in [-0.3, -0.25) is 9.69 Å². The second-order valence-corrected chi connectivity index (χ2v) is 7.46. The third-order valence-electron chi connectivity index (χ3n) is 6.03. The highest BCUT2D eigenvalue weighted by molar-refractivity contribution is 5.75. The van der Waals surface area contributed by atoms with E-state index in [1.807, 2.05) is 0 Å². The van der Waals surface area contributed by atoms with Gasteiger partial charge in [0, 0.05) is 19.1 Å². The van der Waals surface area contributed by atoms with E-state index in [1.54, 1.807) is 7.11 Å². The molecule has 0 amide bonds. The first-order chi connectivity index (χ1) is 10.8. The Morgan fingerprint density at radius 2 is 1.73 bits per heavy atom. The Balaban J connectivity index is 1.60. The minimum atomic E-state index is -0.0142. The van der Waals surface area contributed by atoms with Gasteiger partial charge in [0.2, 0.25) is 0 Å². The van der Waals surface area contributed by atoms with E-state index >= 15 is 0 Å². The number of esters is 1. The maximum atomic E-state index is 12.3. The molecular formula is C18H32N2O2. The molecule has 2 saturated heterocycles. The molecule has 2 unspecified atom stereocenters. The van der Waals surface area contributed by atoms with E-state index in [-0.39, 0.29) is 12.0 Å². The third-order valence-corrected chi connectivity index (χ3v) is 6.03. The van der Waals surface area contributed by atoms with Gasteiger partial charge in [-0.1, -0.05) is 19.3 Å². The van der Waals surface area contributed by atoms with E-state index in [0.717, 1.165) is 25.4 Å². The molecule has 3 rings (SSSR count). The van der Waals surface area contributed by atoms with E-state index < -0.39 is 0 Å². The van der Waals surface area contributed by atoms with Crippen molar-refractivity contribution >= 4 is 5.97 Å². The zero-order valence-electron chi connectivity index (χ0n) is 14.1. The lowest BCUT2D eigenvalue weighted by Crippen LogP contribution is -2.54. The minimum Gasteiger partial charge on any atom is -0.468 e. The quantitative estimate of drug-likeness (QED) is 0.748. The topological polar surface area (TPSA) is 32.8 Å². The Labute approximate surface area is 135 Å². The van der Waals surface area contributed by atoms with Crippen LogP contribution in [0.25, 0.3) is 0 Å². The molecule has 3 aliphatic rings. The second-order valence-electron chi connectivity index (χ2n) is 7.46. The van der Waals surface area contributed by atoms with E-state index in [4.69, 9.17) is 4.74 Å². The Hall–Kier alpha value is -0.610. The molecule has 0 aromatic rings. The van der Waals surface area contributed by atoms with Crippen LogP contribution in [-0.2, 0) is 9.53 Å². The number of hydrogen-bond donors (Lipinski definition) is 0. The van der Waals surface area contributed by atoms with Crippen LogP contribution in [0, 0.1) is 5.92 Å². The van der Waals surface area contributed by atoms with Crippen LogP contribution in [-0.4, -0.2) is 61.1 Å². The monoisotopic (exact) mass is 308 g/mol. The van der Waals surface area contributed by atoms with Crippen molar-refractivity contribution < 1.29 is 9.53 Å². The standard InChI is InChI=1S/C18H32N2O2/c1-22-18(21)17-13-16(19-10-5-6-11-19)9-12-20(17)14-15-7-3-2-4-8-15/h15-17H,2-14H2,1H3. The molecule has 0 aromatic heterocycles. The Bertz CT molecular complexity index is 362. The SMILES string of the molecule is COC(=O)C1CC(N2CCCC2)CCN1CC1CCCCC1. The molecule has 0 bridgehead atoms. The van der Waals surface area contributed by atoms with Crippen molar-refractivity contribution in [3.05, 3.63) is 0 Å². The lowest BCUT2D eigenvalue weighted by Gasteiger charge is -2.42. The average molecular weight is 308 g/mol. The molecule has 2 heterocycles. The van der Waals surface area contributed by atoms with Gasteiger partial charge in [-0.05, 0) is 57.5 Å². The molecule has 2 atom stereocenters. The number of rotatable bonds is 4. The summed E-state index contributed by atoms with van der Waals surface area (Å²) in [7, 11) is 1.54. The van der Waals surface area contributed by atoms with Gasteiger partial charge in [0.1, 0.15) is 6.04 Å². The number of methoxy groups -OCH3 is 1. The van der Waals surface area contributed by atoms with Crippen LogP contribution >= 0.6 is 0 Å². The van der Waals surface area contributed by atoms with E-state index in [0.29, 0.717) is 6.04 Å². The zero-order valence-corrected chi connectivity index (χ0v) is 14.1. The van der Waals surface area contributed by atoms with E-state index in [2.05, 4.69) is 9.80 Å². The molecule has 4 nitrogen and oxygen atoms in total. The Kier molecular flexibility index (Phi) is 5.75. The van der Waals surface area contributed by atoms with Crippen molar-refractivity contribution in [2.75, 3.05) is 33.3 Å². The first kappa shape index (κ1) is 16.3. The van der Waals surface area contributed by atoms with Crippen molar-refractivity contribution in [3.63, 3.8) is 0 Å². The van der Waals surface area contributed by atoms with Crippen molar-refractivity contribution in [2.45, 2.75) is 69.9 Å². The van der Waals surface area contributed by atoms with Crippen LogP contribution in [0.1, 0.15) is 57.8 Å². The van der Waals surface area contributed by atoms with Gasteiger partial charge < -0.3 is 9.64 Å². The molecule has 4 heteroatoms. The molecule has 3 fully saturated rings. The van der Waals surface area contributed by atoms with Crippen molar-refractivity contribution in [1.82, 2.24) is 9.80 Å². The van der Waals surface area contributed by atoms with Gasteiger partial charge in [0.05, 0.1) is 7.11 Å². The number of nitrogens with zero attached hydrogens (tertiary/aromatic N) is 2. The van der Waals surface area contributed by atoms with Crippen LogP contribution in [0.5, 0.6) is 0 Å². The predicted octanol–water partition coefficient (Wildman–Crippen LogP) is 2.67. The molecule has 0 N–H and O–H groups in total. The highest BCUT2D eigenvalue weighted by atomic mass is 16.5. The molecular weight excluding hydrogens is 276 g/mol. The molecule has 0 spiro atoms. The Morgan fingerprint density at radius 1 is 1.00 bits per heavy atom. The number of piperidine rings is 1. The van der Waals surface area contributed by atoms with E-state index in [1.165, 1.54) is 64.5 Å². The first-order valence-corrected chi connectivity index (χ1v) is 9.34. The fraction of sp³-hybridized carbons (Fsp3) is 0.944. The predicted molar refractivity (Wildman–Crippen MR) is 87.8 cm³/mol. The van der Waals surface area contributed by atoms with Crippen molar-refractivity contribution in [1.29, 1.82) is 0 Å². The van der Waals surface area contributed by atoms with Gasteiger partial charge in [-0.25, -0.2) is 0 Å². The molecule has 1 aliphatic carbocycles. The smallest absolute Gasteiger partial charge is 0.323 e. The fourth-order valence-corrected chi connectivity index (χ4v) is 4.73. The maximum Gasteiger partial charge on any atom is 0.323 e.